The summed E-state index contributed by atoms with van der Waals surface area (Å²) in [6.07, 6.45) is 14.0. The summed E-state index contributed by atoms with van der Waals surface area (Å²) in [7, 11) is 0. The van der Waals surface area contributed by atoms with E-state index in [-0.39, 0.29) is 6.17 Å². The summed E-state index contributed by atoms with van der Waals surface area (Å²) in [4.78, 5) is 11.3. The zero-order valence-electron chi connectivity index (χ0n) is 15.1. The molecule has 3 rings (SSSR count). The van der Waals surface area contributed by atoms with Crippen LogP contribution in [0.5, 0.6) is 0 Å². The van der Waals surface area contributed by atoms with E-state index in [1.807, 2.05) is 38.3 Å². The molecule has 3 N–H and O–H groups in total. The Balaban J connectivity index is 1.55. The van der Waals surface area contributed by atoms with E-state index in [0.717, 1.165) is 42.7 Å². The van der Waals surface area contributed by atoms with Crippen molar-refractivity contribution < 1.29 is 4.79 Å². The fourth-order valence-electron chi connectivity index (χ4n) is 2.60. The molecule has 0 amide bonds. The molecular formula is C19H25N5OS. The number of hydrogen-bond acceptors (Lipinski definition) is 7. The van der Waals surface area contributed by atoms with Crippen molar-refractivity contribution in [3.05, 3.63) is 46.8 Å². The minimum absolute atomic E-state index is 0.130. The fraction of sp³-hybridized carbons (Fsp3) is 0.421. The molecule has 1 fully saturated rings. The average Bonchev–Trinajstić information content (AvgIpc) is 3.14. The molecule has 0 radical (unpaired) electrons. The third-order valence-corrected chi connectivity index (χ3v) is 5.26. The lowest BCUT2D eigenvalue weighted by molar-refractivity contribution is -0.105. The van der Waals surface area contributed by atoms with Crippen molar-refractivity contribution in [3.63, 3.8) is 0 Å². The predicted octanol–water partition coefficient (Wildman–Crippen LogP) is 2.59. The Bertz CT molecular complexity index is 707. The SMILES string of the molecule is C\C=C(/C=C\C(C)=N\N=C\C1CC=CS1)C1NC(C=O)=C(NC2CC2)N1. The van der Waals surface area contributed by atoms with Crippen molar-refractivity contribution in [2.45, 2.75) is 50.6 Å². The van der Waals surface area contributed by atoms with Crippen LogP contribution in [0.3, 0.4) is 0 Å². The van der Waals surface area contributed by atoms with Crippen LogP contribution in [0.1, 0.15) is 33.1 Å². The molecule has 2 atom stereocenters. The number of thioether (sulfide) groups is 1. The largest absolute Gasteiger partial charge is 0.367 e. The second kappa shape index (κ2) is 8.89. The Morgan fingerprint density at radius 3 is 2.85 bits per heavy atom. The van der Waals surface area contributed by atoms with Gasteiger partial charge in [0.25, 0.3) is 0 Å². The van der Waals surface area contributed by atoms with Gasteiger partial charge in [0, 0.05) is 17.5 Å². The lowest BCUT2D eigenvalue weighted by Crippen LogP contribution is -2.37. The summed E-state index contributed by atoms with van der Waals surface area (Å²) in [5.41, 5.74) is 2.44. The maximum atomic E-state index is 11.3. The van der Waals surface area contributed by atoms with Crippen LogP contribution >= 0.6 is 11.8 Å². The molecule has 1 saturated carbocycles. The highest BCUT2D eigenvalue weighted by Gasteiger charge is 2.29. The topological polar surface area (TPSA) is 77.9 Å². The molecule has 6 nitrogen and oxygen atoms in total. The number of aldehydes is 1. The average molecular weight is 372 g/mol. The van der Waals surface area contributed by atoms with Gasteiger partial charge in [-0.15, -0.1) is 11.8 Å². The zero-order valence-corrected chi connectivity index (χ0v) is 15.9. The van der Waals surface area contributed by atoms with Crippen molar-refractivity contribution in [2.75, 3.05) is 0 Å². The molecule has 138 valence electrons. The Kier molecular flexibility index (Phi) is 6.33. The Morgan fingerprint density at radius 1 is 1.35 bits per heavy atom. The number of nitrogens with zero attached hydrogens (tertiary/aromatic N) is 2. The van der Waals surface area contributed by atoms with Crippen LogP contribution in [-0.4, -0.2) is 35.7 Å². The van der Waals surface area contributed by atoms with Gasteiger partial charge in [0.05, 0.1) is 5.71 Å². The molecule has 0 spiro atoms. The minimum atomic E-state index is -0.130. The van der Waals surface area contributed by atoms with Crippen molar-refractivity contribution in [1.82, 2.24) is 16.0 Å². The van der Waals surface area contributed by atoms with Crippen LogP contribution in [0.25, 0.3) is 0 Å². The van der Waals surface area contributed by atoms with Crippen molar-refractivity contribution in [2.24, 2.45) is 10.2 Å². The number of carbonyl (C=O) groups is 1. The van der Waals surface area contributed by atoms with Crippen molar-refractivity contribution in [3.8, 4) is 0 Å². The number of nitrogens with one attached hydrogen (secondary N) is 3. The van der Waals surface area contributed by atoms with Gasteiger partial charge < -0.3 is 16.0 Å². The van der Waals surface area contributed by atoms with E-state index >= 15 is 0 Å². The van der Waals surface area contributed by atoms with E-state index in [9.17, 15) is 4.79 Å². The summed E-state index contributed by atoms with van der Waals surface area (Å²) in [5, 5.41) is 20.8. The maximum absolute atomic E-state index is 11.3. The quantitative estimate of drug-likeness (QED) is 0.265. The molecule has 7 heteroatoms. The van der Waals surface area contributed by atoms with E-state index < -0.39 is 0 Å². The molecule has 0 saturated heterocycles. The number of rotatable bonds is 8. The van der Waals surface area contributed by atoms with E-state index in [1.165, 1.54) is 0 Å². The van der Waals surface area contributed by atoms with Gasteiger partial charge >= 0.3 is 0 Å². The van der Waals surface area contributed by atoms with Gasteiger partial charge in [0.15, 0.2) is 6.29 Å². The summed E-state index contributed by atoms with van der Waals surface area (Å²) < 4.78 is 0. The van der Waals surface area contributed by atoms with E-state index in [4.69, 9.17) is 0 Å². The third-order valence-electron chi connectivity index (χ3n) is 4.25. The summed E-state index contributed by atoms with van der Waals surface area (Å²) in [6, 6.07) is 0.484. The standard InChI is InChI=1S/C19H25N5OS/c1-3-14(7-6-13(2)24-20-11-16-5-4-10-26-16)18-22-17(12-25)19(23-18)21-15-8-9-15/h3-4,6-7,10-12,15-16,18,21-23H,5,8-9H2,1-2H3/b7-6-,14-3+,20-11+,24-13+. The van der Waals surface area contributed by atoms with Gasteiger partial charge in [-0.2, -0.15) is 10.2 Å². The first-order valence-electron chi connectivity index (χ1n) is 8.91. The van der Waals surface area contributed by atoms with E-state index in [0.29, 0.717) is 17.0 Å². The van der Waals surface area contributed by atoms with Gasteiger partial charge in [-0.05, 0) is 50.2 Å². The highest BCUT2D eigenvalue weighted by Crippen LogP contribution is 2.23. The number of carbonyl (C=O) groups excluding carboxylic acids is 1. The lowest BCUT2D eigenvalue weighted by atomic mass is 10.1. The highest BCUT2D eigenvalue weighted by atomic mass is 32.2. The Morgan fingerprint density at radius 2 is 2.19 bits per heavy atom. The van der Waals surface area contributed by atoms with Gasteiger partial charge in [-0.1, -0.05) is 18.2 Å². The molecule has 0 bridgehead atoms. The second-order valence-electron chi connectivity index (χ2n) is 6.46. The maximum Gasteiger partial charge on any atom is 0.169 e. The lowest BCUT2D eigenvalue weighted by Gasteiger charge is -2.15. The molecule has 1 aliphatic carbocycles. The third kappa shape index (κ3) is 5.11. The molecular weight excluding hydrogens is 346 g/mol. The van der Waals surface area contributed by atoms with Gasteiger partial charge in [-0.25, -0.2) is 0 Å². The zero-order chi connectivity index (χ0) is 18.4. The Labute approximate surface area is 158 Å². The monoisotopic (exact) mass is 371 g/mol. The first-order valence-corrected chi connectivity index (χ1v) is 9.85. The van der Waals surface area contributed by atoms with E-state index in [1.54, 1.807) is 11.8 Å². The summed E-state index contributed by atoms with van der Waals surface area (Å²) >= 11 is 1.76. The van der Waals surface area contributed by atoms with Crippen molar-refractivity contribution >= 4 is 30.0 Å². The summed E-state index contributed by atoms with van der Waals surface area (Å²) in [5.74, 6) is 0.790. The Hall–Kier alpha value is -2.28. The molecule has 2 heterocycles. The number of allylic oxidation sites excluding steroid dienone is 4. The van der Waals surface area contributed by atoms with Gasteiger partial charge in [0.2, 0.25) is 0 Å². The predicted molar refractivity (Wildman–Crippen MR) is 109 cm³/mol. The van der Waals surface area contributed by atoms with Crippen molar-refractivity contribution in [1.29, 1.82) is 0 Å². The molecule has 0 aromatic rings. The highest BCUT2D eigenvalue weighted by molar-refractivity contribution is 8.03. The van der Waals surface area contributed by atoms with Crippen LogP contribution in [0.15, 0.2) is 57.0 Å². The molecule has 26 heavy (non-hydrogen) atoms. The van der Waals surface area contributed by atoms with Crippen LogP contribution in [-0.2, 0) is 4.79 Å². The molecule has 3 aliphatic rings. The van der Waals surface area contributed by atoms with Crippen LogP contribution in [0.2, 0.25) is 0 Å². The van der Waals surface area contributed by atoms with Gasteiger partial charge in [-0.3, -0.25) is 4.79 Å². The second-order valence-corrected chi connectivity index (χ2v) is 7.61. The van der Waals surface area contributed by atoms with Crippen LogP contribution in [0.4, 0.5) is 0 Å². The fourth-order valence-corrected chi connectivity index (χ4v) is 3.37. The first-order chi connectivity index (χ1) is 12.7. The molecule has 2 unspecified atom stereocenters. The minimum Gasteiger partial charge on any atom is -0.367 e. The smallest absolute Gasteiger partial charge is 0.169 e. The summed E-state index contributed by atoms with van der Waals surface area (Å²) in [6.45, 7) is 3.90. The van der Waals surface area contributed by atoms with E-state index in [2.05, 4.69) is 37.6 Å². The van der Waals surface area contributed by atoms with Crippen LogP contribution < -0.4 is 16.0 Å². The normalized spacial score (nSPS) is 26.7. The molecule has 0 aromatic carbocycles. The van der Waals surface area contributed by atoms with Crippen LogP contribution in [0, 0.1) is 0 Å². The molecule has 0 aromatic heterocycles. The number of hydrogen-bond donors (Lipinski definition) is 3. The van der Waals surface area contributed by atoms with Gasteiger partial charge in [0.1, 0.15) is 17.7 Å². The first kappa shape index (κ1) is 18.5. The molecule has 2 aliphatic heterocycles.